The summed E-state index contributed by atoms with van der Waals surface area (Å²) in [5, 5.41) is 68.5. The van der Waals surface area contributed by atoms with E-state index in [-0.39, 0.29) is 11.1 Å². The van der Waals surface area contributed by atoms with E-state index in [4.69, 9.17) is 18.9 Å². The maximum atomic E-state index is 13.3. The van der Waals surface area contributed by atoms with Crippen molar-refractivity contribution < 1.29 is 64.0 Å². The van der Waals surface area contributed by atoms with Crippen LogP contribution in [0, 0.1) is 0 Å². The molecule has 0 aromatic heterocycles. The highest BCUT2D eigenvalue weighted by atomic mass is 16.7. The summed E-state index contributed by atoms with van der Waals surface area (Å²) in [5.74, 6) is -2.85. The van der Waals surface area contributed by atoms with E-state index in [9.17, 15) is 45.0 Å². The van der Waals surface area contributed by atoms with E-state index in [1.165, 1.54) is 26.2 Å². The second-order valence-electron chi connectivity index (χ2n) is 10.0. The van der Waals surface area contributed by atoms with Crippen LogP contribution in [0.25, 0.3) is 10.8 Å². The molecule has 4 rings (SSSR count). The summed E-state index contributed by atoms with van der Waals surface area (Å²) < 4.78 is 22.1. The number of nitrogens with one attached hydrogen (secondary N) is 2. The van der Waals surface area contributed by atoms with Crippen LogP contribution in [-0.4, -0.2) is 130 Å². The number of aliphatic hydroxyl groups is 5. The lowest BCUT2D eigenvalue weighted by atomic mass is 9.93. The molecule has 0 spiro atoms. The minimum Gasteiger partial charge on any atom is -0.478 e. The molecular formula is C27H34N2O13. The van der Waals surface area contributed by atoms with Crippen molar-refractivity contribution >= 4 is 28.6 Å². The molecule has 2 saturated heterocycles. The number of methoxy groups -OCH3 is 1. The van der Waals surface area contributed by atoms with Gasteiger partial charge < -0.3 is 60.2 Å². The number of carboxylic acid groups (broad SMARTS) is 1. The number of fused-ring (bicyclic) bond motifs is 1. The molecule has 15 heteroatoms. The van der Waals surface area contributed by atoms with Gasteiger partial charge in [0.2, 0.25) is 5.91 Å². The summed E-state index contributed by atoms with van der Waals surface area (Å²) in [6.07, 6.45) is -12.0. The molecule has 2 fully saturated rings. The molecule has 230 valence electrons. The number of carbonyl (C=O) groups excluding carboxylic acids is 2. The lowest BCUT2D eigenvalue weighted by Crippen LogP contribution is -2.69. The summed E-state index contributed by atoms with van der Waals surface area (Å²) in [6.45, 7) is -0.250. The third-order valence-corrected chi connectivity index (χ3v) is 7.29. The highest BCUT2D eigenvalue weighted by molar-refractivity contribution is 6.08. The predicted octanol–water partition coefficient (Wildman–Crippen LogP) is -2.31. The van der Waals surface area contributed by atoms with E-state index in [0.29, 0.717) is 10.8 Å². The molecule has 0 bridgehead atoms. The average Bonchev–Trinajstić information content (AvgIpc) is 2.97. The molecule has 8 N–H and O–H groups in total. The number of hydrogen-bond donors (Lipinski definition) is 8. The summed E-state index contributed by atoms with van der Waals surface area (Å²) in [7, 11) is 1.27. The predicted molar refractivity (Wildman–Crippen MR) is 141 cm³/mol. The van der Waals surface area contributed by atoms with Crippen molar-refractivity contribution in [2.24, 2.45) is 0 Å². The third-order valence-electron chi connectivity index (χ3n) is 7.29. The number of hydrogen-bond acceptors (Lipinski definition) is 12. The first-order chi connectivity index (χ1) is 20.0. The van der Waals surface area contributed by atoms with Gasteiger partial charge in [0.1, 0.15) is 42.7 Å². The number of ether oxygens (including phenoxy) is 4. The Labute approximate surface area is 239 Å². The summed E-state index contributed by atoms with van der Waals surface area (Å²) in [6, 6.07) is 6.76. The molecule has 2 aliphatic heterocycles. The Balaban J connectivity index is 1.60. The Bertz CT molecular complexity index is 1290. The van der Waals surface area contributed by atoms with Crippen LogP contribution in [0.2, 0.25) is 0 Å². The number of benzene rings is 2. The van der Waals surface area contributed by atoms with E-state index in [2.05, 4.69) is 10.6 Å². The van der Waals surface area contributed by atoms with E-state index < -0.39 is 92.3 Å². The monoisotopic (exact) mass is 594 g/mol. The lowest BCUT2D eigenvalue weighted by molar-refractivity contribution is -0.336. The summed E-state index contributed by atoms with van der Waals surface area (Å²) in [5.41, 5.74) is -0.566. The highest BCUT2D eigenvalue weighted by Crippen LogP contribution is 2.30. The molecule has 42 heavy (non-hydrogen) atoms. The van der Waals surface area contributed by atoms with Crippen molar-refractivity contribution in [1.82, 2.24) is 10.6 Å². The Morgan fingerprint density at radius 1 is 0.833 bits per heavy atom. The third kappa shape index (κ3) is 6.39. The fourth-order valence-electron chi connectivity index (χ4n) is 5.18. The average molecular weight is 595 g/mol. The number of carboxylic acids is 1. The topological polar surface area (TPSA) is 234 Å². The van der Waals surface area contributed by atoms with Gasteiger partial charge in [-0.3, -0.25) is 9.59 Å². The van der Waals surface area contributed by atoms with Crippen LogP contribution in [0.5, 0.6) is 0 Å². The molecule has 2 aliphatic rings. The van der Waals surface area contributed by atoms with Crippen molar-refractivity contribution in [2.45, 2.75) is 68.2 Å². The molecule has 2 amide bonds. The van der Waals surface area contributed by atoms with Crippen LogP contribution >= 0.6 is 0 Å². The molecule has 2 aromatic rings. The number of amides is 2. The molecule has 0 radical (unpaired) electrons. The van der Waals surface area contributed by atoms with E-state index in [1.807, 2.05) is 0 Å². The van der Waals surface area contributed by atoms with Gasteiger partial charge in [-0.05, 0) is 22.9 Å². The van der Waals surface area contributed by atoms with Gasteiger partial charge >= 0.3 is 5.97 Å². The van der Waals surface area contributed by atoms with E-state index in [0.717, 1.165) is 0 Å². The van der Waals surface area contributed by atoms with Crippen LogP contribution in [0.1, 0.15) is 27.6 Å². The number of aromatic carboxylic acids is 1. The molecule has 2 heterocycles. The lowest BCUT2D eigenvalue weighted by Gasteiger charge is -2.47. The smallest absolute Gasteiger partial charge is 0.336 e. The van der Waals surface area contributed by atoms with Gasteiger partial charge in [-0.1, -0.05) is 24.3 Å². The molecule has 15 nitrogen and oxygen atoms in total. The highest BCUT2D eigenvalue weighted by Gasteiger charge is 2.51. The normalized spacial score (nSPS) is 33.2. The van der Waals surface area contributed by atoms with Crippen molar-refractivity contribution in [2.75, 3.05) is 20.3 Å². The second kappa shape index (κ2) is 13.4. The maximum absolute atomic E-state index is 13.3. The minimum absolute atomic E-state index is 0.245. The zero-order chi connectivity index (χ0) is 30.7. The van der Waals surface area contributed by atoms with Crippen molar-refractivity contribution in [3.05, 3.63) is 47.5 Å². The molecule has 0 saturated carbocycles. The van der Waals surface area contributed by atoms with Crippen LogP contribution < -0.4 is 10.6 Å². The molecular weight excluding hydrogens is 560 g/mol. The van der Waals surface area contributed by atoms with Crippen LogP contribution in [0.3, 0.4) is 0 Å². The van der Waals surface area contributed by atoms with E-state index >= 15 is 0 Å². The fourth-order valence-corrected chi connectivity index (χ4v) is 5.18. The van der Waals surface area contributed by atoms with Gasteiger partial charge in [-0.2, -0.15) is 0 Å². The van der Waals surface area contributed by atoms with Crippen molar-refractivity contribution in [3.8, 4) is 0 Å². The van der Waals surface area contributed by atoms with Crippen LogP contribution in [-0.2, 0) is 23.7 Å². The minimum atomic E-state index is -1.83. The van der Waals surface area contributed by atoms with Crippen molar-refractivity contribution in [1.29, 1.82) is 0 Å². The fraction of sp³-hybridized carbons (Fsp3) is 0.519. The SMILES string of the molecule is CO[C@@H]1O[C@H](CO)[C@@H](O[C@@H]2O[C@H](CO)[C@H](O)[C@H](NC(=O)c3cc4ccccc4cc3C(=O)O)[C@H]2O)[C@H](O)[C@H]1NC(C)=O. The van der Waals surface area contributed by atoms with E-state index in [1.54, 1.807) is 24.3 Å². The van der Waals surface area contributed by atoms with Gasteiger partial charge in [-0.25, -0.2) is 4.79 Å². The Hall–Kier alpha value is -3.25. The van der Waals surface area contributed by atoms with Gasteiger partial charge in [0, 0.05) is 14.0 Å². The first kappa shape index (κ1) is 31.7. The van der Waals surface area contributed by atoms with Crippen LogP contribution in [0.15, 0.2) is 36.4 Å². The largest absolute Gasteiger partial charge is 0.478 e. The zero-order valence-electron chi connectivity index (χ0n) is 22.7. The Morgan fingerprint density at radius 2 is 1.43 bits per heavy atom. The zero-order valence-corrected chi connectivity index (χ0v) is 22.7. The summed E-state index contributed by atoms with van der Waals surface area (Å²) >= 11 is 0. The summed E-state index contributed by atoms with van der Waals surface area (Å²) in [4.78, 5) is 37.0. The standard InChI is InChI=1S/C27H34N2O13/c1-11(32)28-19-21(34)23(17(10-31)41-26(19)39-2)42-27-22(35)18(20(33)16(9-30)40-27)29-24(36)14-7-12-5-3-4-6-13(12)8-15(14)25(37)38/h3-8,16-23,26-27,30-31,33-35H,9-10H2,1-2H3,(H,28,32)(H,29,36)(H,37,38)/t16-,17-,18+,19-,20+,21-,22-,23-,26-,27+/m1/s1. The molecule has 0 aliphatic carbocycles. The quantitative estimate of drug-likeness (QED) is 0.153. The second-order valence-corrected chi connectivity index (χ2v) is 10.0. The molecule has 10 atom stereocenters. The van der Waals surface area contributed by atoms with Gasteiger partial charge in [0.05, 0.1) is 30.4 Å². The van der Waals surface area contributed by atoms with Crippen molar-refractivity contribution in [3.63, 3.8) is 0 Å². The van der Waals surface area contributed by atoms with Gasteiger partial charge in [-0.15, -0.1) is 0 Å². The number of rotatable bonds is 9. The van der Waals surface area contributed by atoms with Gasteiger partial charge in [0.25, 0.3) is 5.91 Å². The first-order valence-corrected chi connectivity index (χ1v) is 13.1. The van der Waals surface area contributed by atoms with Crippen LogP contribution in [0.4, 0.5) is 0 Å². The Morgan fingerprint density at radius 3 is 1.98 bits per heavy atom. The maximum Gasteiger partial charge on any atom is 0.336 e. The molecule has 2 aromatic carbocycles. The number of aliphatic hydroxyl groups excluding tert-OH is 5. The molecule has 0 unspecified atom stereocenters. The Kier molecular flexibility index (Phi) is 10.1. The first-order valence-electron chi connectivity index (χ1n) is 13.1. The van der Waals surface area contributed by atoms with Gasteiger partial charge in [0.15, 0.2) is 12.6 Å². The number of carbonyl (C=O) groups is 3.